The molecule has 0 saturated heterocycles. The predicted molar refractivity (Wildman–Crippen MR) is 66.9 cm³/mol. The molecule has 1 unspecified atom stereocenters. The average molecular weight is 239 g/mol. The number of amides is 1. The molecule has 16 heavy (non-hydrogen) atoms. The summed E-state index contributed by atoms with van der Waals surface area (Å²) in [4.78, 5) is 12.4. The van der Waals surface area contributed by atoms with E-state index >= 15 is 0 Å². The van der Waals surface area contributed by atoms with E-state index in [9.17, 15) is 4.79 Å². The third kappa shape index (κ3) is 4.68. The molecule has 0 heterocycles. The van der Waals surface area contributed by atoms with Crippen LogP contribution in [0.4, 0.5) is 0 Å². The molecule has 1 rings (SSSR count). The quantitative estimate of drug-likeness (QED) is 0.542. The summed E-state index contributed by atoms with van der Waals surface area (Å²) < 4.78 is 0. The van der Waals surface area contributed by atoms with Crippen LogP contribution in [0.25, 0.3) is 0 Å². The van der Waals surface area contributed by atoms with Crippen LogP contribution in [-0.4, -0.2) is 23.7 Å². The van der Waals surface area contributed by atoms with Crippen LogP contribution in [0.5, 0.6) is 0 Å². The summed E-state index contributed by atoms with van der Waals surface area (Å²) in [5.74, 6) is -0.0843. The van der Waals surface area contributed by atoms with Crippen LogP contribution in [0.3, 0.4) is 0 Å². The molecule has 1 aromatic carbocycles. The zero-order valence-electron chi connectivity index (χ0n) is 9.31. The van der Waals surface area contributed by atoms with E-state index < -0.39 is 0 Å². The Morgan fingerprint density at radius 1 is 1.44 bits per heavy atom. The molecule has 88 valence electrons. The zero-order chi connectivity index (χ0) is 12.0. The van der Waals surface area contributed by atoms with E-state index in [1.54, 1.807) is 31.2 Å². The van der Waals surface area contributed by atoms with Crippen molar-refractivity contribution in [3.8, 4) is 0 Å². The van der Waals surface area contributed by atoms with Gasteiger partial charge in [0.2, 0.25) is 0 Å². The first-order valence-corrected chi connectivity index (χ1v) is 5.79. The van der Waals surface area contributed by atoms with Gasteiger partial charge in [-0.05, 0) is 44.0 Å². The van der Waals surface area contributed by atoms with Crippen molar-refractivity contribution in [1.82, 2.24) is 5.32 Å². The summed E-state index contributed by atoms with van der Waals surface area (Å²) in [5.41, 5.74) is 0.634. The summed E-state index contributed by atoms with van der Waals surface area (Å²) in [6.07, 6.45) is 1.18. The van der Waals surface area contributed by atoms with Crippen LogP contribution < -0.4 is 5.32 Å². The number of aliphatic hydroxyl groups excluding tert-OH is 1. The molecular formula is C12H17NO2S. The monoisotopic (exact) mass is 239 g/mol. The molecular weight excluding hydrogens is 222 g/mol. The Bertz CT molecular complexity index is 335. The van der Waals surface area contributed by atoms with Gasteiger partial charge in [-0.3, -0.25) is 4.79 Å². The summed E-state index contributed by atoms with van der Waals surface area (Å²) in [6, 6.07) is 7.06. The predicted octanol–water partition coefficient (Wildman–Crippen LogP) is 1.87. The van der Waals surface area contributed by atoms with Gasteiger partial charge in [0.25, 0.3) is 5.91 Å². The minimum atomic E-state index is -0.305. The Hall–Kier alpha value is -1.00. The van der Waals surface area contributed by atoms with E-state index in [1.807, 2.05) is 0 Å². The highest BCUT2D eigenvalue weighted by atomic mass is 32.1. The first kappa shape index (κ1) is 13.1. The molecule has 3 nitrogen and oxygen atoms in total. The average Bonchev–Trinajstić information content (AvgIpc) is 2.25. The second-order valence-electron chi connectivity index (χ2n) is 3.79. The number of hydrogen-bond acceptors (Lipinski definition) is 3. The molecule has 0 aliphatic rings. The second kappa shape index (κ2) is 6.55. The maximum Gasteiger partial charge on any atom is 0.251 e. The van der Waals surface area contributed by atoms with Crippen molar-refractivity contribution in [2.75, 3.05) is 6.54 Å². The molecule has 0 aliphatic carbocycles. The van der Waals surface area contributed by atoms with Crippen molar-refractivity contribution in [3.05, 3.63) is 29.8 Å². The van der Waals surface area contributed by atoms with Crippen molar-refractivity contribution >= 4 is 18.5 Å². The fourth-order valence-corrected chi connectivity index (χ4v) is 1.46. The zero-order valence-corrected chi connectivity index (χ0v) is 10.2. The van der Waals surface area contributed by atoms with Crippen molar-refractivity contribution < 1.29 is 9.90 Å². The smallest absolute Gasteiger partial charge is 0.251 e. The highest BCUT2D eigenvalue weighted by Crippen LogP contribution is 2.07. The van der Waals surface area contributed by atoms with Crippen molar-refractivity contribution in [3.63, 3.8) is 0 Å². The number of carbonyl (C=O) groups is 1. The van der Waals surface area contributed by atoms with Gasteiger partial charge in [0.15, 0.2) is 0 Å². The summed E-state index contributed by atoms with van der Waals surface area (Å²) in [5, 5.41) is 11.8. The lowest BCUT2D eigenvalue weighted by Crippen LogP contribution is -2.24. The molecule has 0 saturated carbocycles. The third-order valence-corrected chi connectivity index (χ3v) is 2.51. The van der Waals surface area contributed by atoms with E-state index in [-0.39, 0.29) is 12.0 Å². The third-order valence-electron chi connectivity index (χ3n) is 2.21. The fourth-order valence-electron chi connectivity index (χ4n) is 1.31. The number of aliphatic hydroxyl groups is 1. The number of benzene rings is 1. The van der Waals surface area contributed by atoms with Gasteiger partial charge in [-0.25, -0.2) is 0 Å². The van der Waals surface area contributed by atoms with E-state index in [0.29, 0.717) is 18.5 Å². The Morgan fingerprint density at radius 3 is 2.62 bits per heavy atom. The number of nitrogens with one attached hydrogen (secondary N) is 1. The standard InChI is InChI=1S/C12H17NO2S/c1-9(14)3-2-8-13-12(15)10-4-6-11(16)7-5-10/h4-7,9,14,16H,2-3,8H2,1H3,(H,13,15). The lowest BCUT2D eigenvalue weighted by Gasteiger charge is -2.06. The highest BCUT2D eigenvalue weighted by Gasteiger charge is 2.04. The number of thiol groups is 1. The van der Waals surface area contributed by atoms with Gasteiger partial charge >= 0.3 is 0 Å². The normalized spacial score (nSPS) is 12.2. The lowest BCUT2D eigenvalue weighted by molar-refractivity contribution is 0.0949. The molecule has 0 bridgehead atoms. The largest absolute Gasteiger partial charge is 0.393 e. The van der Waals surface area contributed by atoms with E-state index in [2.05, 4.69) is 17.9 Å². The van der Waals surface area contributed by atoms with Crippen LogP contribution >= 0.6 is 12.6 Å². The summed E-state index contributed by atoms with van der Waals surface area (Å²) in [6.45, 7) is 2.33. The van der Waals surface area contributed by atoms with Crippen molar-refractivity contribution in [2.24, 2.45) is 0 Å². The Labute approximate surface area is 101 Å². The molecule has 0 spiro atoms. The van der Waals surface area contributed by atoms with Gasteiger partial charge < -0.3 is 10.4 Å². The van der Waals surface area contributed by atoms with Crippen LogP contribution in [-0.2, 0) is 0 Å². The Balaban J connectivity index is 2.32. The number of rotatable bonds is 5. The first-order chi connectivity index (χ1) is 7.59. The minimum Gasteiger partial charge on any atom is -0.393 e. The van der Waals surface area contributed by atoms with E-state index in [4.69, 9.17) is 5.11 Å². The summed E-state index contributed by atoms with van der Waals surface area (Å²) >= 11 is 4.15. The van der Waals surface area contributed by atoms with Crippen LogP contribution in [0.1, 0.15) is 30.1 Å². The minimum absolute atomic E-state index is 0.0843. The molecule has 1 atom stereocenters. The van der Waals surface area contributed by atoms with Crippen molar-refractivity contribution in [2.45, 2.75) is 30.8 Å². The Kier molecular flexibility index (Phi) is 5.35. The summed E-state index contributed by atoms with van der Waals surface area (Å²) in [7, 11) is 0. The molecule has 0 radical (unpaired) electrons. The Morgan fingerprint density at radius 2 is 2.06 bits per heavy atom. The van der Waals surface area contributed by atoms with E-state index in [0.717, 1.165) is 11.3 Å². The molecule has 2 N–H and O–H groups in total. The molecule has 1 aromatic rings. The van der Waals surface area contributed by atoms with Crippen molar-refractivity contribution in [1.29, 1.82) is 0 Å². The topological polar surface area (TPSA) is 49.3 Å². The van der Waals surface area contributed by atoms with Gasteiger partial charge in [-0.1, -0.05) is 0 Å². The van der Waals surface area contributed by atoms with Gasteiger partial charge in [0.05, 0.1) is 6.10 Å². The SMILES string of the molecule is CC(O)CCCNC(=O)c1ccc(S)cc1. The first-order valence-electron chi connectivity index (χ1n) is 5.35. The second-order valence-corrected chi connectivity index (χ2v) is 4.31. The fraction of sp³-hybridized carbons (Fsp3) is 0.417. The number of hydrogen-bond donors (Lipinski definition) is 3. The van der Waals surface area contributed by atoms with Gasteiger partial charge in [-0.2, -0.15) is 0 Å². The lowest BCUT2D eigenvalue weighted by atomic mass is 10.2. The van der Waals surface area contributed by atoms with Gasteiger partial charge in [-0.15, -0.1) is 12.6 Å². The van der Waals surface area contributed by atoms with Crippen LogP contribution in [0, 0.1) is 0 Å². The molecule has 4 heteroatoms. The molecule has 1 amide bonds. The maximum atomic E-state index is 11.6. The van der Waals surface area contributed by atoms with Gasteiger partial charge in [0.1, 0.15) is 0 Å². The molecule has 0 aliphatic heterocycles. The van der Waals surface area contributed by atoms with Gasteiger partial charge in [0, 0.05) is 17.0 Å². The van der Waals surface area contributed by atoms with E-state index in [1.165, 1.54) is 0 Å². The maximum absolute atomic E-state index is 11.6. The molecule has 0 fully saturated rings. The molecule has 0 aromatic heterocycles. The highest BCUT2D eigenvalue weighted by molar-refractivity contribution is 7.80. The van der Waals surface area contributed by atoms with Crippen LogP contribution in [0.15, 0.2) is 29.2 Å². The van der Waals surface area contributed by atoms with Crippen LogP contribution in [0.2, 0.25) is 0 Å². The number of carbonyl (C=O) groups excluding carboxylic acids is 1.